The van der Waals surface area contributed by atoms with Gasteiger partial charge in [-0.2, -0.15) is 0 Å². The highest BCUT2D eigenvalue weighted by Crippen LogP contribution is 2.38. The molecule has 35 heavy (non-hydrogen) atoms. The van der Waals surface area contributed by atoms with E-state index >= 15 is 0 Å². The van der Waals surface area contributed by atoms with Gasteiger partial charge < -0.3 is 20.0 Å². The molecule has 2 N–H and O–H groups in total. The molecule has 1 aromatic carbocycles. The summed E-state index contributed by atoms with van der Waals surface area (Å²) in [6.07, 6.45) is 5.62. The van der Waals surface area contributed by atoms with Gasteiger partial charge in [0.2, 0.25) is 5.91 Å². The van der Waals surface area contributed by atoms with Crippen LogP contribution in [0.5, 0.6) is 0 Å². The van der Waals surface area contributed by atoms with Crippen LogP contribution in [0.15, 0.2) is 28.7 Å². The number of amides is 2. The van der Waals surface area contributed by atoms with Crippen molar-refractivity contribution in [2.24, 2.45) is 5.41 Å². The number of ketones is 1. The number of hydrogen-bond acceptors (Lipinski definition) is 5. The van der Waals surface area contributed by atoms with E-state index in [2.05, 4.69) is 21.6 Å². The number of benzene rings is 1. The van der Waals surface area contributed by atoms with Crippen molar-refractivity contribution in [3.05, 3.63) is 46.9 Å². The van der Waals surface area contributed by atoms with Gasteiger partial charge in [-0.1, -0.05) is 39.7 Å². The normalized spacial score (nSPS) is 17.7. The number of Topliss-reactive ketones (excluding diaryl/α,β-unsaturated/α-hetero) is 1. The first kappa shape index (κ1) is 25.0. The third-order valence-electron chi connectivity index (χ3n) is 7.04. The average Bonchev–Trinajstić information content (AvgIpc) is 3.44. The molecular formula is C28H37N3O4. The summed E-state index contributed by atoms with van der Waals surface area (Å²) in [4.78, 5) is 41.4. The smallest absolute Gasteiger partial charge is 0.287 e. The third kappa shape index (κ3) is 5.60. The van der Waals surface area contributed by atoms with Crippen LogP contribution in [0.3, 0.4) is 0 Å². The summed E-state index contributed by atoms with van der Waals surface area (Å²) in [5.74, 6) is 0.00408. The summed E-state index contributed by atoms with van der Waals surface area (Å²) in [7, 11) is 0. The fourth-order valence-electron chi connectivity index (χ4n) is 5.19. The fraction of sp³-hybridized carbons (Fsp3) is 0.536. The first-order chi connectivity index (χ1) is 16.7. The van der Waals surface area contributed by atoms with Crippen LogP contribution in [0.25, 0.3) is 0 Å². The molecule has 2 aliphatic rings. The Morgan fingerprint density at radius 1 is 1.17 bits per heavy atom. The Balaban J connectivity index is 1.49. The maximum Gasteiger partial charge on any atom is 0.287 e. The Kier molecular flexibility index (Phi) is 7.33. The van der Waals surface area contributed by atoms with Gasteiger partial charge in [0.15, 0.2) is 11.5 Å². The summed E-state index contributed by atoms with van der Waals surface area (Å²) >= 11 is 0. The van der Waals surface area contributed by atoms with Crippen molar-refractivity contribution in [2.75, 3.05) is 23.3 Å². The number of nitrogens with zero attached hydrogens (tertiary/aromatic N) is 1. The van der Waals surface area contributed by atoms with Gasteiger partial charge in [-0.05, 0) is 49.8 Å². The van der Waals surface area contributed by atoms with E-state index in [4.69, 9.17) is 4.42 Å². The van der Waals surface area contributed by atoms with Crippen LogP contribution in [0.4, 0.5) is 11.4 Å². The molecule has 1 saturated heterocycles. The minimum atomic E-state index is -0.702. The second kappa shape index (κ2) is 10.3. The summed E-state index contributed by atoms with van der Waals surface area (Å²) in [5.41, 5.74) is 2.70. The van der Waals surface area contributed by atoms with Crippen molar-refractivity contribution in [3.63, 3.8) is 0 Å². The van der Waals surface area contributed by atoms with E-state index < -0.39 is 11.9 Å². The van der Waals surface area contributed by atoms with E-state index in [1.165, 1.54) is 12.8 Å². The van der Waals surface area contributed by atoms with E-state index in [0.717, 1.165) is 31.6 Å². The molecule has 2 aromatic rings. The highest BCUT2D eigenvalue weighted by Gasteiger charge is 2.37. The quantitative estimate of drug-likeness (QED) is 0.538. The highest BCUT2D eigenvalue weighted by atomic mass is 16.4. The predicted octanol–water partition coefficient (Wildman–Crippen LogP) is 5.27. The lowest BCUT2D eigenvalue weighted by Gasteiger charge is -2.27. The predicted molar refractivity (Wildman–Crippen MR) is 137 cm³/mol. The Hall–Kier alpha value is -3.09. The Morgan fingerprint density at radius 3 is 2.63 bits per heavy atom. The molecule has 0 bridgehead atoms. The van der Waals surface area contributed by atoms with E-state index in [1.54, 1.807) is 6.92 Å². The number of hydrogen-bond donors (Lipinski definition) is 2. The first-order valence-electron chi connectivity index (χ1n) is 12.8. The molecule has 2 amide bonds. The van der Waals surface area contributed by atoms with Crippen LogP contribution in [0.2, 0.25) is 0 Å². The van der Waals surface area contributed by atoms with Crippen molar-refractivity contribution in [1.29, 1.82) is 0 Å². The Morgan fingerprint density at radius 2 is 1.91 bits per heavy atom. The summed E-state index contributed by atoms with van der Waals surface area (Å²) in [6, 6.07) is 7.15. The Bertz CT molecular complexity index is 1110. The standard InChI is InChI=1S/C28H37N3O4/c1-5-6-12-21(26(33)29-19-10-9-11-20(15-19)31-13-7-8-14-31)30-27(34)25-18(2)24-22(32)16-28(3,4)17-23(24)35-25/h9-11,15,21H,5-8,12-14,16-17H2,1-4H3,(H,29,33)(H,30,34). The van der Waals surface area contributed by atoms with Gasteiger partial charge in [0, 0.05) is 42.9 Å². The molecule has 1 aliphatic carbocycles. The zero-order valence-electron chi connectivity index (χ0n) is 21.3. The van der Waals surface area contributed by atoms with Crippen LogP contribution < -0.4 is 15.5 Å². The van der Waals surface area contributed by atoms with Gasteiger partial charge in [-0.25, -0.2) is 0 Å². The molecular weight excluding hydrogens is 442 g/mol. The Labute approximate surface area is 207 Å². The van der Waals surface area contributed by atoms with Crippen LogP contribution in [0, 0.1) is 12.3 Å². The highest BCUT2D eigenvalue weighted by molar-refractivity contribution is 6.05. The van der Waals surface area contributed by atoms with Gasteiger partial charge in [0.25, 0.3) is 5.91 Å². The minimum Gasteiger partial charge on any atom is -0.455 e. The molecule has 0 saturated carbocycles. The number of anilines is 2. The largest absolute Gasteiger partial charge is 0.455 e. The first-order valence-corrected chi connectivity index (χ1v) is 12.8. The number of carbonyl (C=O) groups excluding carboxylic acids is 3. The molecule has 1 aromatic heterocycles. The number of nitrogens with one attached hydrogen (secondary N) is 2. The van der Waals surface area contributed by atoms with Gasteiger partial charge in [-0.3, -0.25) is 14.4 Å². The molecule has 1 aliphatic heterocycles. The molecule has 1 fully saturated rings. The van der Waals surface area contributed by atoms with E-state index in [0.29, 0.717) is 41.8 Å². The molecule has 4 rings (SSSR count). The second-order valence-electron chi connectivity index (χ2n) is 10.7. The SMILES string of the molecule is CCCCC(NC(=O)c1oc2c(c1C)C(=O)CC(C)(C)C2)C(=O)Nc1cccc(N2CCCC2)c1. The second-order valence-corrected chi connectivity index (χ2v) is 10.7. The monoisotopic (exact) mass is 479 g/mol. The zero-order valence-corrected chi connectivity index (χ0v) is 21.3. The van der Waals surface area contributed by atoms with Crippen molar-refractivity contribution in [3.8, 4) is 0 Å². The van der Waals surface area contributed by atoms with Crippen molar-refractivity contribution < 1.29 is 18.8 Å². The molecule has 2 heterocycles. The van der Waals surface area contributed by atoms with Crippen LogP contribution >= 0.6 is 0 Å². The van der Waals surface area contributed by atoms with Crippen LogP contribution in [-0.2, 0) is 11.2 Å². The van der Waals surface area contributed by atoms with Gasteiger partial charge in [0.05, 0.1) is 5.56 Å². The molecule has 1 atom stereocenters. The number of fused-ring (bicyclic) bond motifs is 1. The maximum absolute atomic E-state index is 13.2. The molecule has 0 spiro atoms. The van der Waals surface area contributed by atoms with E-state index in [9.17, 15) is 14.4 Å². The molecule has 7 nitrogen and oxygen atoms in total. The van der Waals surface area contributed by atoms with Crippen molar-refractivity contribution >= 4 is 29.0 Å². The average molecular weight is 480 g/mol. The van der Waals surface area contributed by atoms with Crippen LogP contribution in [-0.4, -0.2) is 36.7 Å². The lowest BCUT2D eigenvalue weighted by Crippen LogP contribution is -2.44. The topological polar surface area (TPSA) is 91.6 Å². The third-order valence-corrected chi connectivity index (χ3v) is 7.04. The van der Waals surface area contributed by atoms with E-state index in [1.807, 2.05) is 39.0 Å². The van der Waals surface area contributed by atoms with Crippen molar-refractivity contribution in [1.82, 2.24) is 5.32 Å². The van der Waals surface area contributed by atoms with Gasteiger partial charge in [-0.15, -0.1) is 0 Å². The zero-order chi connectivity index (χ0) is 25.2. The van der Waals surface area contributed by atoms with Crippen molar-refractivity contribution in [2.45, 2.75) is 78.7 Å². The summed E-state index contributed by atoms with van der Waals surface area (Å²) < 4.78 is 5.91. The molecule has 7 heteroatoms. The number of furan rings is 1. The maximum atomic E-state index is 13.2. The van der Waals surface area contributed by atoms with E-state index in [-0.39, 0.29) is 22.9 Å². The van der Waals surface area contributed by atoms with Gasteiger partial charge in [0.1, 0.15) is 11.8 Å². The molecule has 0 radical (unpaired) electrons. The lowest BCUT2D eigenvalue weighted by molar-refractivity contribution is -0.118. The minimum absolute atomic E-state index is 0.00899. The number of unbranched alkanes of at least 4 members (excludes halogenated alkanes) is 1. The summed E-state index contributed by atoms with van der Waals surface area (Å²) in [6.45, 7) is 9.90. The summed E-state index contributed by atoms with van der Waals surface area (Å²) in [5, 5.41) is 5.86. The number of rotatable bonds is 8. The number of carbonyl (C=O) groups is 3. The van der Waals surface area contributed by atoms with Crippen LogP contribution in [0.1, 0.15) is 91.5 Å². The van der Waals surface area contributed by atoms with Gasteiger partial charge >= 0.3 is 0 Å². The molecule has 188 valence electrons. The molecule has 1 unspecified atom stereocenters. The lowest BCUT2D eigenvalue weighted by atomic mass is 9.76. The fourth-order valence-corrected chi connectivity index (χ4v) is 5.19.